The fraction of sp³-hybridized carbons (Fsp3) is 0. The molecule has 82 heavy (non-hydrogen) atoms. The summed E-state index contributed by atoms with van der Waals surface area (Å²) in [5.41, 5.74) is 17.5. The standard InChI is InChI=1S/C39H24N2.C38H23N3/c1-2-10-27-22-30(17-16-25(27)8-1)28-11-7-12-29(23-28)31-19-20-33-37(24-31)41-36-15-6-5-14-35(36)40-39(41)34-21-18-26-9-3-4-13-32(26)38(33)34;1-2-10-26-22-27(17-16-24(26)8-1)32-13-7-14-33(39-32)28-19-20-30-36(23-28)41-35-15-6-5-12-34(35)40-38(41)31-21-18-25-9-3-4-11-29(25)37(30)31/h1-24H;1-23H. The maximum atomic E-state index is 5.14. The minimum absolute atomic E-state index is 0.952. The first kappa shape index (κ1) is 46.0. The van der Waals surface area contributed by atoms with E-state index in [-0.39, 0.29) is 0 Å². The van der Waals surface area contributed by atoms with Crippen molar-refractivity contribution in [3.05, 3.63) is 285 Å². The van der Waals surface area contributed by atoms with Gasteiger partial charge in [-0.2, -0.15) is 0 Å². The highest BCUT2D eigenvalue weighted by molar-refractivity contribution is 6.25. The molecule has 5 aromatic heterocycles. The van der Waals surface area contributed by atoms with E-state index in [1.165, 1.54) is 97.8 Å². The highest BCUT2D eigenvalue weighted by Crippen LogP contribution is 2.41. The van der Waals surface area contributed by atoms with E-state index in [9.17, 15) is 0 Å². The highest BCUT2D eigenvalue weighted by atomic mass is 15.0. The zero-order valence-electron chi connectivity index (χ0n) is 44.4. The first-order valence-corrected chi connectivity index (χ1v) is 28.0. The van der Waals surface area contributed by atoms with Gasteiger partial charge in [0.2, 0.25) is 0 Å². The van der Waals surface area contributed by atoms with Gasteiger partial charge in [-0.15, -0.1) is 0 Å². The number of hydrogen-bond donors (Lipinski definition) is 0. The van der Waals surface area contributed by atoms with Crippen LogP contribution in [0.1, 0.15) is 0 Å². The number of fused-ring (bicyclic) bond motifs is 22. The van der Waals surface area contributed by atoms with Crippen molar-refractivity contribution in [2.45, 2.75) is 0 Å². The molecule has 18 rings (SSSR count). The molecule has 5 heteroatoms. The van der Waals surface area contributed by atoms with Crippen LogP contribution < -0.4 is 0 Å². The number of nitrogens with zero attached hydrogens (tertiary/aromatic N) is 5. The predicted octanol–water partition coefficient (Wildman–Crippen LogP) is 20.3. The van der Waals surface area contributed by atoms with E-state index in [0.29, 0.717) is 0 Å². The average Bonchev–Trinajstić information content (AvgIpc) is 4.30. The third-order valence-electron chi connectivity index (χ3n) is 16.8. The Bertz CT molecular complexity index is 5320. The summed E-state index contributed by atoms with van der Waals surface area (Å²) >= 11 is 0. The minimum Gasteiger partial charge on any atom is -0.292 e. The number of hydrogen-bond acceptors (Lipinski definition) is 3. The number of imidazole rings is 2. The number of benzene rings is 13. The summed E-state index contributed by atoms with van der Waals surface area (Å²) in [6, 6.07) is 102. The van der Waals surface area contributed by atoms with E-state index in [1.54, 1.807) is 0 Å². The maximum Gasteiger partial charge on any atom is 0.146 e. The Morgan fingerprint density at radius 2 is 0.585 bits per heavy atom. The lowest BCUT2D eigenvalue weighted by Gasteiger charge is -2.14. The lowest BCUT2D eigenvalue weighted by molar-refractivity contribution is 1.30. The van der Waals surface area contributed by atoms with Crippen LogP contribution in [0.5, 0.6) is 0 Å². The molecule has 0 N–H and O–H groups in total. The minimum atomic E-state index is 0.952. The van der Waals surface area contributed by atoms with E-state index in [0.717, 1.165) is 66.8 Å². The van der Waals surface area contributed by atoms with Gasteiger partial charge in [0.05, 0.1) is 44.5 Å². The topological polar surface area (TPSA) is 47.5 Å². The highest BCUT2D eigenvalue weighted by Gasteiger charge is 2.19. The first-order chi connectivity index (χ1) is 40.6. The second kappa shape index (κ2) is 18.3. The molecule has 0 radical (unpaired) electrons. The molecule has 0 aliphatic rings. The van der Waals surface area contributed by atoms with Gasteiger partial charge >= 0.3 is 0 Å². The van der Waals surface area contributed by atoms with Gasteiger partial charge in [0, 0.05) is 43.4 Å². The van der Waals surface area contributed by atoms with E-state index in [2.05, 4.69) is 294 Å². The van der Waals surface area contributed by atoms with Crippen molar-refractivity contribution in [1.29, 1.82) is 0 Å². The fourth-order valence-electron chi connectivity index (χ4n) is 12.9. The summed E-state index contributed by atoms with van der Waals surface area (Å²) in [7, 11) is 0. The zero-order valence-corrected chi connectivity index (χ0v) is 44.4. The van der Waals surface area contributed by atoms with Gasteiger partial charge < -0.3 is 0 Å². The Hall–Kier alpha value is -11.0. The van der Waals surface area contributed by atoms with Crippen LogP contribution >= 0.6 is 0 Å². The van der Waals surface area contributed by atoms with E-state index < -0.39 is 0 Å². The lowest BCUT2D eigenvalue weighted by Crippen LogP contribution is -1.94. The SMILES string of the molecule is c1cc(-c2ccc3ccccc3c2)cc(-c2ccc3c4c5ccccc5ccc4c4nc5ccccc5n4c3c2)c1.c1cc(-c2ccc3ccccc3c2)nc(-c2ccc3c4c5ccccc5ccc4c4nc5ccccc5n4c3c2)c1. The predicted molar refractivity (Wildman–Crippen MR) is 345 cm³/mol. The van der Waals surface area contributed by atoms with Crippen molar-refractivity contribution in [3.63, 3.8) is 0 Å². The second-order valence-corrected chi connectivity index (χ2v) is 21.5. The van der Waals surface area contributed by atoms with Gasteiger partial charge in [-0.25, -0.2) is 15.0 Å². The molecule has 0 aliphatic heterocycles. The molecule has 0 atom stereocenters. The maximum absolute atomic E-state index is 5.14. The van der Waals surface area contributed by atoms with Crippen molar-refractivity contribution in [2.24, 2.45) is 0 Å². The van der Waals surface area contributed by atoms with Crippen LogP contribution in [0.3, 0.4) is 0 Å². The van der Waals surface area contributed by atoms with Crippen LogP contribution in [0.4, 0.5) is 0 Å². The third kappa shape index (κ3) is 7.30. The van der Waals surface area contributed by atoms with Crippen LogP contribution in [0.2, 0.25) is 0 Å². The second-order valence-electron chi connectivity index (χ2n) is 21.5. The van der Waals surface area contributed by atoms with Crippen molar-refractivity contribution in [1.82, 2.24) is 23.8 Å². The number of aromatic nitrogens is 5. The average molecular weight is 1040 g/mol. The molecule has 5 nitrogen and oxygen atoms in total. The van der Waals surface area contributed by atoms with E-state index in [4.69, 9.17) is 15.0 Å². The Morgan fingerprint density at radius 1 is 0.207 bits per heavy atom. The molecule has 0 fully saturated rings. The van der Waals surface area contributed by atoms with Gasteiger partial charge in [0.1, 0.15) is 11.3 Å². The molecule has 0 saturated heterocycles. The summed E-state index contributed by atoms with van der Waals surface area (Å²) in [5.74, 6) is 0. The van der Waals surface area contributed by atoms with Crippen molar-refractivity contribution in [2.75, 3.05) is 0 Å². The lowest BCUT2D eigenvalue weighted by atomic mass is 9.95. The first-order valence-electron chi connectivity index (χ1n) is 28.0. The molecule has 0 amide bonds. The van der Waals surface area contributed by atoms with Gasteiger partial charge in [-0.3, -0.25) is 8.80 Å². The van der Waals surface area contributed by atoms with Crippen LogP contribution in [-0.4, -0.2) is 23.8 Å². The summed E-state index contributed by atoms with van der Waals surface area (Å²) < 4.78 is 4.66. The Morgan fingerprint density at radius 3 is 1.16 bits per heavy atom. The van der Waals surface area contributed by atoms with Gasteiger partial charge in [-0.1, -0.05) is 206 Å². The molecular weight excluding hydrogens is 995 g/mol. The number of para-hydroxylation sites is 4. The quantitative estimate of drug-likeness (QED) is 0.165. The molecule has 0 saturated carbocycles. The molecule has 18 aromatic rings. The Balaban J connectivity index is 0.000000130. The van der Waals surface area contributed by atoms with E-state index in [1.807, 2.05) is 0 Å². The van der Waals surface area contributed by atoms with Crippen LogP contribution in [0, 0.1) is 0 Å². The molecule has 0 unspecified atom stereocenters. The van der Waals surface area contributed by atoms with Crippen LogP contribution in [-0.2, 0) is 0 Å². The normalized spacial score (nSPS) is 11.9. The van der Waals surface area contributed by atoms with Crippen molar-refractivity contribution in [3.8, 4) is 44.8 Å². The molecular formula is C77H47N5. The zero-order chi connectivity index (χ0) is 53.8. The number of pyridine rings is 3. The van der Waals surface area contributed by atoms with E-state index >= 15 is 0 Å². The van der Waals surface area contributed by atoms with Gasteiger partial charge in [0.25, 0.3) is 0 Å². The van der Waals surface area contributed by atoms with Crippen LogP contribution in [0.25, 0.3) is 165 Å². The van der Waals surface area contributed by atoms with Gasteiger partial charge in [0.15, 0.2) is 0 Å². The largest absolute Gasteiger partial charge is 0.292 e. The Kier molecular flexibility index (Phi) is 10.2. The van der Waals surface area contributed by atoms with Crippen LogP contribution in [0.15, 0.2) is 285 Å². The molecule has 13 aromatic carbocycles. The molecule has 0 aliphatic carbocycles. The summed E-state index contributed by atoms with van der Waals surface area (Å²) in [6.07, 6.45) is 0. The summed E-state index contributed by atoms with van der Waals surface area (Å²) in [6.45, 7) is 0. The summed E-state index contributed by atoms with van der Waals surface area (Å²) in [5, 5.41) is 17.2. The molecule has 380 valence electrons. The monoisotopic (exact) mass is 1040 g/mol. The smallest absolute Gasteiger partial charge is 0.146 e. The fourth-order valence-corrected chi connectivity index (χ4v) is 12.9. The molecule has 0 spiro atoms. The third-order valence-corrected chi connectivity index (χ3v) is 16.8. The van der Waals surface area contributed by atoms with Gasteiger partial charge in [-0.05, 0) is 144 Å². The number of rotatable bonds is 4. The molecule has 5 heterocycles. The molecule has 0 bridgehead atoms. The summed E-state index contributed by atoms with van der Waals surface area (Å²) in [4.78, 5) is 15.4. The van der Waals surface area contributed by atoms with Crippen molar-refractivity contribution >= 4 is 120 Å². The Labute approximate surface area is 470 Å². The van der Waals surface area contributed by atoms with Crippen molar-refractivity contribution < 1.29 is 0 Å².